The van der Waals surface area contributed by atoms with E-state index in [0.717, 1.165) is 11.2 Å². The maximum atomic E-state index is 13.1. The second kappa shape index (κ2) is 8.30. The van der Waals surface area contributed by atoms with Crippen molar-refractivity contribution in [1.29, 1.82) is 0 Å². The molecule has 2 aromatic heterocycles. The Morgan fingerprint density at radius 1 is 1.17 bits per heavy atom. The van der Waals surface area contributed by atoms with E-state index in [4.69, 9.17) is 9.47 Å². The van der Waals surface area contributed by atoms with E-state index in [2.05, 4.69) is 28.8 Å². The van der Waals surface area contributed by atoms with Crippen LogP contribution in [0.3, 0.4) is 0 Å². The summed E-state index contributed by atoms with van der Waals surface area (Å²) in [4.78, 5) is 27.2. The van der Waals surface area contributed by atoms with Gasteiger partial charge in [0.2, 0.25) is 5.91 Å². The molecule has 0 bridgehead atoms. The molecule has 30 heavy (non-hydrogen) atoms. The number of rotatable bonds is 3. The average molecular weight is 416 g/mol. The van der Waals surface area contributed by atoms with Crippen LogP contribution in [-0.4, -0.2) is 53.2 Å². The molecule has 0 aromatic carbocycles. The van der Waals surface area contributed by atoms with Gasteiger partial charge in [-0.25, -0.2) is 4.79 Å². The number of ether oxygens (including phenoxy) is 2. The summed E-state index contributed by atoms with van der Waals surface area (Å²) in [6, 6.07) is 8.18. The van der Waals surface area contributed by atoms with Crippen molar-refractivity contribution in [3.05, 3.63) is 41.7 Å². The van der Waals surface area contributed by atoms with Crippen molar-refractivity contribution in [2.45, 2.75) is 52.7 Å². The fourth-order valence-corrected chi connectivity index (χ4v) is 3.73. The highest BCUT2D eigenvalue weighted by atomic mass is 16.6. The maximum Gasteiger partial charge on any atom is 0.410 e. The molecule has 164 valence electrons. The van der Waals surface area contributed by atoms with Crippen molar-refractivity contribution < 1.29 is 19.1 Å². The van der Waals surface area contributed by atoms with Crippen LogP contribution in [0.5, 0.6) is 0 Å². The normalized spacial score (nSPS) is 18.2. The Morgan fingerprint density at radius 2 is 1.90 bits per heavy atom. The minimum atomic E-state index is -0.597. The zero-order valence-electron chi connectivity index (χ0n) is 18.8. The number of aromatic nitrogens is 1. The van der Waals surface area contributed by atoms with Gasteiger partial charge in [0, 0.05) is 30.5 Å². The summed E-state index contributed by atoms with van der Waals surface area (Å²) in [5, 5.41) is 3.16. The summed E-state index contributed by atoms with van der Waals surface area (Å²) >= 11 is 0. The molecular weight excluding hydrogens is 382 g/mol. The minimum absolute atomic E-state index is 0.141. The molecule has 2 amide bonds. The van der Waals surface area contributed by atoms with Gasteiger partial charge in [0.1, 0.15) is 5.60 Å². The third kappa shape index (κ3) is 4.95. The van der Waals surface area contributed by atoms with E-state index in [1.165, 1.54) is 5.56 Å². The summed E-state index contributed by atoms with van der Waals surface area (Å²) in [5.74, 6) is -0.606. The van der Waals surface area contributed by atoms with Gasteiger partial charge in [0.05, 0.1) is 24.7 Å². The van der Waals surface area contributed by atoms with E-state index >= 15 is 0 Å². The molecule has 7 nitrogen and oxygen atoms in total. The van der Waals surface area contributed by atoms with E-state index in [1.54, 1.807) is 4.90 Å². The second-order valence-corrected chi connectivity index (χ2v) is 9.48. The number of nitrogens with one attached hydrogen (secondary N) is 1. The van der Waals surface area contributed by atoms with Crippen LogP contribution in [0.4, 0.5) is 4.79 Å². The Bertz CT molecular complexity index is 926. The fourth-order valence-electron chi connectivity index (χ4n) is 3.73. The van der Waals surface area contributed by atoms with Gasteiger partial charge < -0.3 is 24.1 Å². The van der Waals surface area contributed by atoms with Gasteiger partial charge in [0.25, 0.3) is 0 Å². The van der Waals surface area contributed by atoms with Crippen LogP contribution in [0.1, 0.15) is 45.9 Å². The standard InChI is InChI=1S/C23H33N3O4/c1-16-8-7-11-26-18(16)9-10-19(26)23(5,6)24-20(27)17-14-25(12-13-29-15-17)21(28)30-22(2,3)4/h7-11,17H,12-15H2,1-6H3,(H,24,27). The molecule has 0 saturated carbocycles. The first-order valence-electron chi connectivity index (χ1n) is 10.4. The molecule has 1 fully saturated rings. The molecule has 3 heterocycles. The molecule has 1 saturated heterocycles. The Balaban J connectivity index is 1.74. The van der Waals surface area contributed by atoms with Crippen LogP contribution < -0.4 is 5.32 Å². The Labute approximate surface area is 178 Å². The molecule has 0 spiro atoms. The number of carbonyl (C=O) groups is 2. The van der Waals surface area contributed by atoms with Crippen molar-refractivity contribution in [3.8, 4) is 0 Å². The van der Waals surface area contributed by atoms with Crippen molar-refractivity contribution in [1.82, 2.24) is 14.6 Å². The maximum absolute atomic E-state index is 13.1. The molecule has 2 aromatic rings. The number of pyridine rings is 1. The quantitative estimate of drug-likeness (QED) is 0.833. The number of hydrogen-bond donors (Lipinski definition) is 1. The molecule has 1 aliphatic heterocycles. The van der Waals surface area contributed by atoms with Crippen LogP contribution >= 0.6 is 0 Å². The highest BCUT2D eigenvalue weighted by Gasteiger charge is 2.33. The molecular formula is C23H33N3O4. The average Bonchev–Trinajstić information content (AvgIpc) is 2.92. The van der Waals surface area contributed by atoms with Gasteiger partial charge in [-0.15, -0.1) is 0 Å². The number of aryl methyl sites for hydroxylation is 1. The summed E-state index contributed by atoms with van der Waals surface area (Å²) in [5.41, 5.74) is 2.10. The molecule has 1 atom stereocenters. The van der Waals surface area contributed by atoms with Crippen LogP contribution in [0.15, 0.2) is 30.5 Å². The number of amides is 2. The fraction of sp³-hybridized carbons (Fsp3) is 0.565. The molecule has 7 heteroatoms. The van der Waals surface area contributed by atoms with Gasteiger partial charge in [-0.1, -0.05) is 6.07 Å². The van der Waals surface area contributed by atoms with E-state index in [9.17, 15) is 9.59 Å². The first kappa shape index (κ1) is 22.2. The van der Waals surface area contributed by atoms with Crippen LogP contribution in [0.2, 0.25) is 0 Å². The predicted octanol–water partition coefficient (Wildman–Crippen LogP) is 3.48. The van der Waals surface area contributed by atoms with Gasteiger partial charge in [-0.3, -0.25) is 4.79 Å². The van der Waals surface area contributed by atoms with Gasteiger partial charge >= 0.3 is 6.09 Å². The lowest BCUT2D eigenvalue weighted by atomic mass is 9.98. The SMILES string of the molecule is Cc1cccn2c(C(C)(C)NC(=O)C3COCCN(C(=O)OC(C)(C)C)C3)ccc12. The molecule has 1 unspecified atom stereocenters. The number of carbonyl (C=O) groups excluding carboxylic acids is 2. The third-order valence-corrected chi connectivity index (χ3v) is 5.27. The summed E-state index contributed by atoms with van der Waals surface area (Å²) in [6.07, 6.45) is 1.59. The number of hydrogen-bond acceptors (Lipinski definition) is 4. The lowest BCUT2D eigenvalue weighted by Crippen LogP contribution is -2.48. The highest BCUT2D eigenvalue weighted by molar-refractivity contribution is 5.81. The summed E-state index contributed by atoms with van der Waals surface area (Å²) in [7, 11) is 0. The van der Waals surface area contributed by atoms with Crippen molar-refractivity contribution in [3.63, 3.8) is 0 Å². The second-order valence-electron chi connectivity index (χ2n) is 9.48. The first-order chi connectivity index (χ1) is 14.0. The molecule has 3 rings (SSSR count). The van der Waals surface area contributed by atoms with Crippen molar-refractivity contribution in [2.24, 2.45) is 5.92 Å². The number of nitrogens with zero attached hydrogens (tertiary/aromatic N) is 2. The largest absolute Gasteiger partial charge is 0.444 e. The van der Waals surface area contributed by atoms with Crippen molar-refractivity contribution >= 4 is 17.5 Å². The van der Waals surface area contributed by atoms with E-state index < -0.39 is 23.2 Å². The third-order valence-electron chi connectivity index (χ3n) is 5.27. The van der Waals surface area contributed by atoms with E-state index in [-0.39, 0.29) is 19.1 Å². The van der Waals surface area contributed by atoms with Gasteiger partial charge in [-0.2, -0.15) is 0 Å². The number of fused-ring (bicyclic) bond motifs is 1. The van der Waals surface area contributed by atoms with Crippen LogP contribution in [0.25, 0.3) is 5.52 Å². The monoisotopic (exact) mass is 415 g/mol. The van der Waals surface area contributed by atoms with Gasteiger partial charge in [0.15, 0.2) is 0 Å². The zero-order valence-corrected chi connectivity index (χ0v) is 18.8. The molecule has 1 aliphatic rings. The van der Waals surface area contributed by atoms with Crippen LogP contribution in [-0.2, 0) is 19.8 Å². The molecule has 1 N–H and O–H groups in total. The Kier molecular flexibility index (Phi) is 6.13. The minimum Gasteiger partial charge on any atom is -0.444 e. The summed E-state index contributed by atoms with van der Waals surface area (Å²) < 4.78 is 13.2. The Hall–Kier alpha value is -2.54. The predicted molar refractivity (Wildman–Crippen MR) is 115 cm³/mol. The highest BCUT2D eigenvalue weighted by Crippen LogP contribution is 2.25. The zero-order chi connectivity index (χ0) is 22.1. The van der Waals surface area contributed by atoms with E-state index in [0.29, 0.717) is 13.2 Å². The molecule has 0 aliphatic carbocycles. The van der Waals surface area contributed by atoms with Crippen molar-refractivity contribution in [2.75, 3.05) is 26.3 Å². The molecule has 0 radical (unpaired) electrons. The lowest BCUT2D eigenvalue weighted by Gasteiger charge is -2.30. The topological polar surface area (TPSA) is 72.3 Å². The Morgan fingerprint density at radius 3 is 2.60 bits per heavy atom. The van der Waals surface area contributed by atoms with Gasteiger partial charge in [-0.05, 0) is 65.3 Å². The van der Waals surface area contributed by atoms with Crippen LogP contribution in [0, 0.1) is 12.8 Å². The lowest BCUT2D eigenvalue weighted by molar-refractivity contribution is -0.128. The first-order valence-corrected chi connectivity index (χ1v) is 10.4. The smallest absolute Gasteiger partial charge is 0.410 e. The van der Waals surface area contributed by atoms with E-state index in [1.807, 2.05) is 52.9 Å². The summed E-state index contributed by atoms with van der Waals surface area (Å²) in [6.45, 7) is 12.9.